The molecular weight excluding hydrogens is 360 g/mol. The van der Waals surface area contributed by atoms with Gasteiger partial charge in [-0.25, -0.2) is 4.79 Å². The molecule has 1 N–H and O–H groups in total. The third-order valence-electron chi connectivity index (χ3n) is 4.10. The predicted octanol–water partition coefficient (Wildman–Crippen LogP) is 3.06. The average Bonchev–Trinajstić information content (AvgIpc) is 2.67. The minimum Gasteiger partial charge on any atom is -0.465 e. The fraction of sp³-hybridized carbons (Fsp3) is 0.238. The van der Waals surface area contributed by atoms with Gasteiger partial charge in [-0.05, 0) is 49.4 Å². The average molecular weight is 382 g/mol. The van der Waals surface area contributed by atoms with Gasteiger partial charge in [0.15, 0.2) is 5.78 Å². The Kier molecular flexibility index (Phi) is 7.03. The van der Waals surface area contributed by atoms with Crippen molar-refractivity contribution < 1.29 is 23.9 Å². The summed E-state index contributed by atoms with van der Waals surface area (Å²) in [5.41, 5.74) is 1.96. The zero-order chi connectivity index (χ0) is 20.7. The Bertz CT molecular complexity index is 890. The summed E-state index contributed by atoms with van der Waals surface area (Å²) in [5.74, 6) is -1.06. The van der Waals surface area contributed by atoms with Crippen molar-refractivity contribution in [2.45, 2.75) is 20.3 Å². The van der Waals surface area contributed by atoms with Crippen LogP contribution in [0, 0.1) is 0 Å². The van der Waals surface area contributed by atoms with Gasteiger partial charge in [-0.3, -0.25) is 14.4 Å². The summed E-state index contributed by atoms with van der Waals surface area (Å²) < 4.78 is 4.66. The molecule has 2 aromatic rings. The molecule has 0 unspecified atom stereocenters. The number of nitrogens with one attached hydrogen (secondary N) is 1. The summed E-state index contributed by atoms with van der Waals surface area (Å²) in [4.78, 5) is 48.6. The van der Waals surface area contributed by atoms with Crippen molar-refractivity contribution >= 4 is 34.9 Å². The summed E-state index contributed by atoms with van der Waals surface area (Å²) in [5, 5.41) is 2.70. The van der Waals surface area contributed by atoms with Crippen LogP contribution in [0.15, 0.2) is 48.5 Å². The van der Waals surface area contributed by atoms with E-state index in [4.69, 9.17) is 0 Å². The van der Waals surface area contributed by atoms with Crippen LogP contribution < -0.4 is 10.2 Å². The number of methoxy groups -OCH3 is 1. The molecule has 0 fully saturated rings. The Labute approximate surface area is 163 Å². The van der Waals surface area contributed by atoms with Gasteiger partial charge in [-0.1, -0.05) is 6.07 Å². The molecule has 2 aromatic carbocycles. The van der Waals surface area contributed by atoms with Gasteiger partial charge in [-0.15, -0.1) is 0 Å². The maximum Gasteiger partial charge on any atom is 0.337 e. The van der Waals surface area contributed by atoms with E-state index in [1.807, 2.05) is 0 Å². The number of amides is 2. The molecule has 7 heteroatoms. The van der Waals surface area contributed by atoms with E-state index < -0.39 is 5.97 Å². The highest BCUT2D eigenvalue weighted by Gasteiger charge is 2.14. The number of benzene rings is 2. The zero-order valence-corrected chi connectivity index (χ0v) is 16.0. The van der Waals surface area contributed by atoms with Crippen molar-refractivity contribution in [2.75, 3.05) is 23.9 Å². The smallest absolute Gasteiger partial charge is 0.337 e. The molecule has 0 spiro atoms. The van der Waals surface area contributed by atoms with Crippen molar-refractivity contribution in [2.24, 2.45) is 0 Å². The molecular formula is C21H22N2O5. The van der Waals surface area contributed by atoms with Crippen LogP contribution in [-0.4, -0.2) is 37.2 Å². The van der Waals surface area contributed by atoms with Crippen molar-refractivity contribution in [1.29, 1.82) is 0 Å². The van der Waals surface area contributed by atoms with Crippen LogP contribution in [0.4, 0.5) is 11.4 Å². The second kappa shape index (κ2) is 9.45. The van der Waals surface area contributed by atoms with Gasteiger partial charge in [0.05, 0.1) is 12.7 Å². The first-order valence-electron chi connectivity index (χ1n) is 8.69. The van der Waals surface area contributed by atoms with Gasteiger partial charge in [0, 0.05) is 36.8 Å². The van der Waals surface area contributed by atoms with Crippen molar-refractivity contribution in [3.05, 3.63) is 59.7 Å². The van der Waals surface area contributed by atoms with Gasteiger partial charge in [-0.2, -0.15) is 0 Å². The lowest BCUT2D eigenvalue weighted by Gasteiger charge is -2.21. The van der Waals surface area contributed by atoms with Crippen molar-refractivity contribution in [3.63, 3.8) is 0 Å². The molecule has 0 heterocycles. The van der Waals surface area contributed by atoms with Crippen LogP contribution in [-0.2, 0) is 14.3 Å². The van der Waals surface area contributed by atoms with Crippen LogP contribution >= 0.6 is 0 Å². The Morgan fingerprint density at radius 3 is 2.21 bits per heavy atom. The van der Waals surface area contributed by atoms with Crippen LogP contribution in [0.5, 0.6) is 0 Å². The number of hydrogen-bond acceptors (Lipinski definition) is 5. The Hall–Kier alpha value is -3.48. The largest absolute Gasteiger partial charge is 0.465 e. The van der Waals surface area contributed by atoms with Gasteiger partial charge in [0.2, 0.25) is 11.8 Å². The number of hydrogen-bond donors (Lipinski definition) is 1. The number of ketones is 1. The number of ether oxygens (including phenoxy) is 1. The number of carbonyl (C=O) groups is 4. The minimum absolute atomic E-state index is 0.0607. The van der Waals surface area contributed by atoms with Crippen LogP contribution in [0.2, 0.25) is 0 Å². The van der Waals surface area contributed by atoms with Crippen molar-refractivity contribution in [1.82, 2.24) is 0 Å². The van der Waals surface area contributed by atoms with E-state index in [0.717, 1.165) is 0 Å². The first-order chi connectivity index (χ1) is 13.3. The van der Waals surface area contributed by atoms with Gasteiger partial charge < -0.3 is 15.0 Å². The van der Waals surface area contributed by atoms with Gasteiger partial charge in [0.1, 0.15) is 0 Å². The highest BCUT2D eigenvalue weighted by molar-refractivity contribution is 5.97. The topological polar surface area (TPSA) is 92.8 Å². The molecule has 0 radical (unpaired) electrons. The fourth-order valence-corrected chi connectivity index (χ4v) is 2.62. The standard InChI is InChI=1S/C21H22N2O5/c1-14(24)16-7-9-19(10-8-16)23(15(2)25)12-11-20(26)22-18-6-4-5-17(13-18)21(27)28-3/h4-10,13H,11-12H2,1-3H3,(H,22,26). The number of nitrogens with zero attached hydrogens (tertiary/aromatic N) is 1. The van der Waals surface area contributed by atoms with Crippen LogP contribution in [0.25, 0.3) is 0 Å². The van der Waals surface area contributed by atoms with E-state index in [9.17, 15) is 19.2 Å². The Morgan fingerprint density at radius 2 is 1.64 bits per heavy atom. The second-order valence-electron chi connectivity index (χ2n) is 6.14. The maximum atomic E-state index is 12.3. The number of Topliss-reactive ketones (excluding diaryl/α,β-unsaturated/α-hetero) is 1. The monoisotopic (exact) mass is 382 g/mol. The normalized spacial score (nSPS) is 10.1. The zero-order valence-electron chi connectivity index (χ0n) is 16.0. The molecule has 0 aliphatic carbocycles. The van der Waals surface area contributed by atoms with E-state index in [1.165, 1.54) is 31.9 Å². The third kappa shape index (κ3) is 5.51. The summed E-state index contributed by atoms with van der Waals surface area (Å²) in [6.45, 7) is 3.06. The first kappa shape index (κ1) is 20.8. The summed E-state index contributed by atoms with van der Waals surface area (Å²) in [6.07, 6.45) is 0.0660. The molecule has 28 heavy (non-hydrogen) atoms. The maximum absolute atomic E-state index is 12.3. The molecule has 146 valence electrons. The minimum atomic E-state index is -0.493. The van der Waals surface area contributed by atoms with E-state index in [1.54, 1.807) is 42.5 Å². The first-order valence-corrected chi connectivity index (χ1v) is 8.69. The predicted molar refractivity (Wildman–Crippen MR) is 106 cm³/mol. The lowest BCUT2D eigenvalue weighted by Crippen LogP contribution is -2.32. The molecule has 0 atom stereocenters. The fourth-order valence-electron chi connectivity index (χ4n) is 2.62. The number of esters is 1. The van der Waals surface area contributed by atoms with E-state index in [-0.39, 0.29) is 30.6 Å². The van der Waals surface area contributed by atoms with E-state index in [0.29, 0.717) is 22.5 Å². The molecule has 2 amide bonds. The molecule has 2 rings (SSSR count). The lowest BCUT2D eigenvalue weighted by atomic mass is 10.1. The van der Waals surface area contributed by atoms with E-state index >= 15 is 0 Å². The van der Waals surface area contributed by atoms with Crippen LogP contribution in [0.1, 0.15) is 41.0 Å². The second-order valence-corrected chi connectivity index (χ2v) is 6.14. The van der Waals surface area contributed by atoms with Gasteiger partial charge in [0.25, 0.3) is 0 Å². The summed E-state index contributed by atoms with van der Waals surface area (Å²) in [7, 11) is 1.28. The molecule has 0 aliphatic rings. The number of rotatable bonds is 7. The molecule has 7 nitrogen and oxygen atoms in total. The van der Waals surface area contributed by atoms with E-state index in [2.05, 4.69) is 10.1 Å². The van der Waals surface area contributed by atoms with Crippen LogP contribution in [0.3, 0.4) is 0 Å². The molecule has 0 aliphatic heterocycles. The highest BCUT2D eigenvalue weighted by atomic mass is 16.5. The lowest BCUT2D eigenvalue weighted by molar-refractivity contribution is -0.117. The molecule has 0 bridgehead atoms. The Balaban J connectivity index is 2.01. The number of anilines is 2. The van der Waals surface area contributed by atoms with Crippen molar-refractivity contribution in [3.8, 4) is 0 Å². The Morgan fingerprint density at radius 1 is 0.964 bits per heavy atom. The third-order valence-corrected chi connectivity index (χ3v) is 4.10. The highest BCUT2D eigenvalue weighted by Crippen LogP contribution is 2.17. The molecule has 0 saturated heterocycles. The summed E-state index contributed by atoms with van der Waals surface area (Å²) >= 11 is 0. The quantitative estimate of drug-likeness (QED) is 0.587. The van der Waals surface area contributed by atoms with Gasteiger partial charge >= 0.3 is 5.97 Å². The SMILES string of the molecule is COC(=O)c1cccc(NC(=O)CCN(C(C)=O)c2ccc(C(C)=O)cc2)c1. The summed E-state index contributed by atoms with van der Waals surface area (Å²) in [6, 6.07) is 13.0. The number of carbonyl (C=O) groups excluding carboxylic acids is 4. The molecule has 0 saturated carbocycles. The molecule has 0 aromatic heterocycles.